The van der Waals surface area contributed by atoms with Crippen molar-refractivity contribution in [3.05, 3.63) is 58.9 Å². The van der Waals surface area contributed by atoms with E-state index in [0.717, 1.165) is 23.0 Å². The van der Waals surface area contributed by atoms with Crippen molar-refractivity contribution >= 4 is 38.5 Å². The number of ether oxygens (including phenoxy) is 1. The van der Waals surface area contributed by atoms with Crippen molar-refractivity contribution in [2.75, 3.05) is 11.9 Å². The Morgan fingerprint density at radius 3 is 2.57 bits per heavy atom. The highest BCUT2D eigenvalue weighted by Crippen LogP contribution is 2.35. The number of hydrogen-bond donors (Lipinski definition) is 1. The van der Waals surface area contributed by atoms with Gasteiger partial charge in [-0.1, -0.05) is 18.2 Å². The smallest absolute Gasteiger partial charge is 0.411 e. The first-order chi connectivity index (χ1) is 16.5. The van der Waals surface area contributed by atoms with Gasteiger partial charge in [0.2, 0.25) is 0 Å². The summed E-state index contributed by atoms with van der Waals surface area (Å²) < 4.78 is 32.9. The van der Waals surface area contributed by atoms with Gasteiger partial charge in [-0.3, -0.25) is 15.0 Å². The van der Waals surface area contributed by atoms with Crippen LogP contribution in [0.15, 0.2) is 53.7 Å². The molecule has 4 rings (SSSR count). The number of anilines is 1. The molecule has 3 heterocycles. The number of aromatic nitrogens is 2. The fourth-order valence-electron chi connectivity index (χ4n) is 4.03. The van der Waals surface area contributed by atoms with Crippen LogP contribution in [-0.4, -0.2) is 51.6 Å². The number of likely N-dealkylation sites (tertiary alicyclic amines) is 1. The minimum Gasteiger partial charge on any atom is -0.444 e. The van der Waals surface area contributed by atoms with Gasteiger partial charge >= 0.3 is 11.8 Å². The molecule has 2 aromatic heterocycles. The summed E-state index contributed by atoms with van der Waals surface area (Å²) in [7, 11) is -3.98. The zero-order chi connectivity index (χ0) is 25.4. The number of hydrogen-bond acceptors (Lipinski definition) is 8. The Kier molecular flexibility index (Phi) is 6.41. The molecule has 1 atom stereocenters. The van der Waals surface area contributed by atoms with Gasteiger partial charge in [-0.2, -0.15) is 0 Å². The van der Waals surface area contributed by atoms with Gasteiger partial charge in [-0.15, -0.1) is 0 Å². The molecule has 0 saturated carbocycles. The monoisotopic (exact) mass is 501 g/mol. The molecule has 0 radical (unpaired) electrons. The van der Waals surface area contributed by atoms with Crippen LogP contribution in [0, 0.1) is 10.1 Å². The topological polar surface area (TPSA) is 137 Å². The molecule has 1 aliphatic heterocycles. The normalized spacial score (nSPS) is 16.8. The van der Waals surface area contributed by atoms with Crippen LogP contribution in [0.4, 0.5) is 16.2 Å². The molecule has 3 aromatic rings. The molecule has 0 aliphatic carbocycles. The third-order valence-corrected chi connectivity index (χ3v) is 7.28. The number of rotatable bonds is 5. The standard InChI is InChI=1S/C23H27N5O6S/c1-23(2,3)34-22(29)26-13-8-7-11-19(26)25-20-17-12-14-27(21(17)24-15-18(20)28(30)31)35(32,33)16-9-5-4-6-10-16/h4-6,9-10,12,14-15,19H,7-8,11,13H2,1-3H3,(H,24,25). The molecule has 186 valence electrons. The molecule has 1 aliphatic rings. The van der Waals surface area contributed by atoms with Crippen LogP contribution >= 0.6 is 0 Å². The van der Waals surface area contributed by atoms with Gasteiger partial charge in [-0.05, 0) is 58.2 Å². The second-order valence-corrected chi connectivity index (χ2v) is 11.1. The lowest BCUT2D eigenvalue weighted by molar-refractivity contribution is -0.384. The lowest BCUT2D eigenvalue weighted by atomic mass is 10.1. The van der Waals surface area contributed by atoms with Gasteiger partial charge in [0, 0.05) is 12.7 Å². The Morgan fingerprint density at radius 1 is 1.20 bits per heavy atom. The van der Waals surface area contributed by atoms with Crippen molar-refractivity contribution < 1.29 is 22.9 Å². The Balaban J connectivity index is 1.77. The number of pyridine rings is 1. The Hall–Kier alpha value is -3.67. The first-order valence-corrected chi connectivity index (χ1v) is 12.6. The van der Waals surface area contributed by atoms with Crippen LogP contribution < -0.4 is 5.32 Å². The Labute approximate surface area is 202 Å². The van der Waals surface area contributed by atoms with E-state index in [1.807, 2.05) is 0 Å². The van der Waals surface area contributed by atoms with Crippen molar-refractivity contribution in [1.29, 1.82) is 0 Å². The second-order valence-electron chi connectivity index (χ2n) is 9.27. The number of fused-ring (bicyclic) bond motifs is 1. The highest BCUT2D eigenvalue weighted by molar-refractivity contribution is 7.90. The summed E-state index contributed by atoms with van der Waals surface area (Å²) in [5.41, 5.74) is -0.871. The van der Waals surface area contributed by atoms with Crippen LogP contribution in [0.3, 0.4) is 0 Å². The second kappa shape index (κ2) is 9.17. The van der Waals surface area contributed by atoms with Gasteiger partial charge in [0.1, 0.15) is 23.7 Å². The lowest BCUT2D eigenvalue weighted by Gasteiger charge is -2.37. The molecule has 0 bridgehead atoms. The molecule has 11 nitrogen and oxygen atoms in total. The highest BCUT2D eigenvalue weighted by atomic mass is 32.2. The number of benzene rings is 1. The van der Waals surface area contributed by atoms with Crippen molar-refractivity contribution in [2.24, 2.45) is 0 Å². The average Bonchev–Trinajstić information content (AvgIpc) is 3.24. The predicted molar refractivity (Wildman–Crippen MR) is 130 cm³/mol. The number of carbonyl (C=O) groups excluding carboxylic acids is 1. The van der Waals surface area contributed by atoms with E-state index < -0.39 is 32.8 Å². The van der Waals surface area contributed by atoms with Crippen LogP contribution in [-0.2, 0) is 14.8 Å². The summed E-state index contributed by atoms with van der Waals surface area (Å²) in [6.07, 6.45) is 3.38. The zero-order valence-electron chi connectivity index (χ0n) is 19.7. The molecule has 12 heteroatoms. The molecular formula is C23H27N5O6S. The average molecular weight is 502 g/mol. The van der Waals surface area contributed by atoms with Crippen molar-refractivity contribution in [3.63, 3.8) is 0 Å². The molecule has 1 amide bonds. The highest BCUT2D eigenvalue weighted by Gasteiger charge is 2.33. The third-order valence-electron chi connectivity index (χ3n) is 5.60. The van der Waals surface area contributed by atoms with E-state index in [9.17, 15) is 23.3 Å². The molecular weight excluding hydrogens is 474 g/mol. The molecule has 1 unspecified atom stereocenters. The summed E-state index contributed by atoms with van der Waals surface area (Å²) >= 11 is 0. The van der Waals surface area contributed by atoms with E-state index in [4.69, 9.17) is 4.74 Å². The van der Waals surface area contributed by atoms with E-state index in [0.29, 0.717) is 13.0 Å². The number of nitrogens with one attached hydrogen (secondary N) is 1. The van der Waals surface area contributed by atoms with Crippen molar-refractivity contribution in [1.82, 2.24) is 13.9 Å². The van der Waals surface area contributed by atoms with E-state index in [1.54, 1.807) is 39.0 Å². The molecule has 35 heavy (non-hydrogen) atoms. The minimum atomic E-state index is -3.98. The van der Waals surface area contributed by atoms with Crippen LogP contribution in [0.25, 0.3) is 11.0 Å². The van der Waals surface area contributed by atoms with Crippen molar-refractivity contribution in [3.8, 4) is 0 Å². The van der Waals surface area contributed by atoms with Gasteiger partial charge in [0.25, 0.3) is 10.0 Å². The van der Waals surface area contributed by atoms with Crippen molar-refractivity contribution in [2.45, 2.75) is 56.7 Å². The number of piperidine rings is 1. The summed E-state index contributed by atoms with van der Waals surface area (Å²) in [6.45, 7) is 5.73. The largest absolute Gasteiger partial charge is 0.444 e. The maximum absolute atomic E-state index is 13.2. The van der Waals surface area contributed by atoms with Gasteiger partial charge in [0.05, 0.1) is 15.2 Å². The number of carbonyl (C=O) groups is 1. The number of nitrogens with zero attached hydrogens (tertiary/aromatic N) is 4. The van der Waals surface area contributed by atoms with E-state index >= 15 is 0 Å². The Bertz CT molecular complexity index is 1360. The van der Waals surface area contributed by atoms with Crippen LogP contribution in [0.5, 0.6) is 0 Å². The summed E-state index contributed by atoms with van der Waals surface area (Å²) in [5, 5.41) is 15.2. The Morgan fingerprint density at radius 2 is 1.91 bits per heavy atom. The lowest BCUT2D eigenvalue weighted by Crippen LogP contribution is -2.49. The summed E-state index contributed by atoms with van der Waals surface area (Å²) in [6, 6.07) is 9.32. The molecule has 1 aromatic carbocycles. The summed E-state index contributed by atoms with van der Waals surface area (Å²) in [4.78, 5) is 29.8. The minimum absolute atomic E-state index is 0.0431. The maximum atomic E-state index is 13.2. The van der Waals surface area contributed by atoms with E-state index in [2.05, 4.69) is 10.3 Å². The SMILES string of the molecule is CC(C)(C)OC(=O)N1CCCCC1Nc1c([N+](=O)[O-])cnc2c1ccn2S(=O)(=O)c1ccccc1. The number of amides is 1. The fourth-order valence-corrected chi connectivity index (χ4v) is 5.35. The van der Waals surface area contributed by atoms with Gasteiger partial charge in [0.15, 0.2) is 5.65 Å². The number of nitro groups is 1. The maximum Gasteiger partial charge on any atom is 0.411 e. The third kappa shape index (κ3) is 4.92. The molecule has 0 spiro atoms. The molecule has 1 saturated heterocycles. The van der Waals surface area contributed by atoms with Crippen LogP contribution in [0.1, 0.15) is 40.0 Å². The quantitative estimate of drug-likeness (QED) is 0.403. The van der Waals surface area contributed by atoms with Gasteiger partial charge in [-0.25, -0.2) is 22.2 Å². The van der Waals surface area contributed by atoms with E-state index in [-0.39, 0.29) is 27.3 Å². The first-order valence-electron chi connectivity index (χ1n) is 11.2. The van der Waals surface area contributed by atoms with Gasteiger partial charge < -0.3 is 10.1 Å². The van der Waals surface area contributed by atoms with E-state index in [1.165, 1.54) is 29.3 Å². The van der Waals surface area contributed by atoms with Crippen LogP contribution in [0.2, 0.25) is 0 Å². The predicted octanol–water partition coefficient (Wildman–Crippen LogP) is 4.34. The fraction of sp³-hybridized carbons (Fsp3) is 0.391. The molecule has 1 fully saturated rings. The summed E-state index contributed by atoms with van der Waals surface area (Å²) in [5.74, 6) is 0. The molecule has 1 N–H and O–H groups in total. The zero-order valence-corrected chi connectivity index (χ0v) is 20.5. The first kappa shape index (κ1) is 24.5.